The van der Waals surface area contributed by atoms with E-state index in [2.05, 4.69) is 16.4 Å². The van der Waals surface area contributed by atoms with Crippen LogP contribution in [0.15, 0.2) is 54.7 Å². The predicted octanol–water partition coefficient (Wildman–Crippen LogP) is 3.47. The lowest BCUT2D eigenvalue weighted by Gasteiger charge is -2.07. The van der Waals surface area contributed by atoms with Gasteiger partial charge in [0, 0.05) is 30.1 Å². The lowest BCUT2D eigenvalue weighted by Crippen LogP contribution is -2.26. The van der Waals surface area contributed by atoms with E-state index in [-0.39, 0.29) is 6.61 Å². The van der Waals surface area contributed by atoms with Crippen molar-refractivity contribution in [3.05, 3.63) is 71.4 Å². The van der Waals surface area contributed by atoms with Gasteiger partial charge in [0.25, 0.3) is 0 Å². The van der Waals surface area contributed by atoms with Gasteiger partial charge >= 0.3 is 6.09 Å². The van der Waals surface area contributed by atoms with Crippen LogP contribution in [0.2, 0.25) is 0 Å². The quantitative estimate of drug-likeness (QED) is 0.559. The summed E-state index contributed by atoms with van der Waals surface area (Å²) in [5.74, 6) is 0. The van der Waals surface area contributed by atoms with Gasteiger partial charge in [-0.3, -0.25) is 0 Å². The monoisotopic (exact) mass is 367 g/mol. The molecule has 134 valence electrons. The molecule has 4 N–H and O–H groups in total. The largest absolute Gasteiger partial charge is 0.445 e. The van der Waals surface area contributed by atoms with Crippen molar-refractivity contribution < 1.29 is 9.53 Å². The number of H-pyrrole nitrogens is 1. The highest BCUT2D eigenvalue weighted by Gasteiger charge is 2.07. The Balaban J connectivity index is 1.52. The number of hydrogen-bond acceptors (Lipinski definition) is 3. The summed E-state index contributed by atoms with van der Waals surface area (Å²) in [5.41, 5.74) is 9.86. The highest BCUT2D eigenvalue weighted by atomic mass is 32.1. The first-order chi connectivity index (χ1) is 12.6. The van der Waals surface area contributed by atoms with Gasteiger partial charge in [-0.2, -0.15) is 0 Å². The van der Waals surface area contributed by atoms with Crippen LogP contribution >= 0.6 is 12.2 Å². The van der Waals surface area contributed by atoms with Crippen LogP contribution in [-0.2, 0) is 24.2 Å². The fraction of sp³-hybridized carbons (Fsp3) is 0.200. The van der Waals surface area contributed by atoms with Crippen LogP contribution in [0.4, 0.5) is 4.79 Å². The molecule has 0 saturated heterocycles. The van der Waals surface area contributed by atoms with E-state index in [9.17, 15) is 4.79 Å². The van der Waals surface area contributed by atoms with E-state index in [1.807, 2.05) is 48.7 Å². The number of ether oxygens (including phenoxy) is 1. The lowest BCUT2D eigenvalue weighted by molar-refractivity contribution is 0.140. The van der Waals surface area contributed by atoms with Crippen LogP contribution in [-0.4, -0.2) is 22.6 Å². The van der Waals surface area contributed by atoms with Gasteiger partial charge in [0.1, 0.15) is 6.61 Å². The second-order valence-electron chi connectivity index (χ2n) is 6.08. The van der Waals surface area contributed by atoms with E-state index in [0.717, 1.165) is 27.6 Å². The number of nitrogens with two attached hydrogens (primary N) is 1. The van der Waals surface area contributed by atoms with E-state index >= 15 is 0 Å². The van der Waals surface area contributed by atoms with Crippen LogP contribution in [0.1, 0.15) is 16.7 Å². The predicted molar refractivity (Wildman–Crippen MR) is 107 cm³/mol. The normalized spacial score (nSPS) is 10.6. The van der Waals surface area contributed by atoms with Gasteiger partial charge in [-0.05, 0) is 35.2 Å². The molecule has 0 saturated carbocycles. The molecule has 0 aliphatic carbocycles. The molecule has 2 aromatic carbocycles. The highest BCUT2D eigenvalue weighted by molar-refractivity contribution is 7.80. The van der Waals surface area contributed by atoms with Crippen molar-refractivity contribution in [1.82, 2.24) is 10.3 Å². The number of thiocarbonyl (C=S) groups is 1. The summed E-state index contributed by atoms with van der Waals surface area (Å²) in [6.07, 6.45) is 2.84. The summed E-state index contributed by atoms with van der Waals surface area (Å²) in [7, 11) is 0. The summed E-state index contributed by atoms with van der Waals surface area (Å²) in [5, 5.41) is 3.91. The second-order valence-corrected chi connectivity index (χ2v) is 6.60. The van der Waals surface area contributed by atoms with Crippen molar-refractivity contribution in [2.24, 2.45) is 5.73 Å². The van der Waals surface area contributed by atoms with Crippen molar-refractivity contribution in [3.63, 3.8) is 0 Å². The zero-order valence-electron chi connectivity index (χ0n) is 14.3. The Bertz CT molecular complexity index is 906. The van der Waals surface area contributed by atoms with Gasteiger partial charge in [0.2, 0.25) is 0 Å². The van der Waals surface area contributed by atoms with Gasteiger partial charge in [-0.15, -0.1) is 0 Å². The second kappa shape index (κ2) is 8.49. The minimum Gasteiger partial charge on any atom is -0.445 e. The maximum atomic E-state index is 11.8. The molecule has 1 aromatic heterocycles. The first kappa shape index (κ1) is 17.9. The van der Waals surface area contributed by atoms with Gasteiger partial charge < -0.3 is 20.8 Å². The van der Waals surface area contributed by atoms with Crippen molar-refractivity contribution >= 4 is 34.2 Å². The zero-order valence-corrected chi connectivity index (χ0v) is 15.1. The number of amides is 1. The van der Waals surface area contributed by atoms with E-state index in [4.69, 9.17) is 22.7 Å². The van der Waals surface area contributed by atoms with Crippen LogP contribution in [0.3, 0.4) is 0 Å². The molecule has 3 rings (SSSR count). The molecule has 5 nitrogen and oxygen atoms in total. The molecule has 1 heterocycles. The third-order valence-corrected chi connectivity index (χ3v) is 4.23. The van der Waals surface area contributed by atoms with E-state index < -0.39 is 6.09 Å². The third kappa shape index (κ3) is 4.83. The molecule has 0 unspecified atom stereocenters. The number of carbonyl (C=O) groups is 1. The number of alkyl carbamates (subject to hydrolysis) is 1. The Hall–Kier alpha value is -2.86. The first-order valence-electron chi connectivity index (χ1n) is 8.43. The lowest BCUT2D eigenvalue weighted by atomic mass is 10.1. The van der Waals surface area contributed by atoms with Gasteiger partial charge in [-0.1, -0.05) is 48.6 Å². The Labute approximate surface area is 157 Å². The standard InChI is InChI=1S/C20H21N3O2S/c21-19(26)11-15-6-7-18-17(10-15)16(12-23-18)8-9-22-20(24)25-13-14-4-2-1-3-5-14/h1-7,10,12,23H,8-9,11,13H2,(H2,21,26)(H,22,24). The number of hydrogen-bond donors (Lipinski definition) is 3. The molecule has 1 amide bonds. The summed E-state index contributed by atoms with van der Waals surface area (Å²) >= 11 is 4.98. The zero-order chi connectivity index (χ0) is 18.4. The molecule has 0 atom stereocenters. The minimum absolute atomic E-state index is 0.266. The average molecular weight is 367 g/mol. The number of carbonyl (C=O) groups excluding carboxylic acids is 1. The third-order valence-electron chi connectivity index (χ3n) is 4.09. The summed E-state index contributed by atoms with van der Waals surface area (Å²) in [6.45, 7) is 0.766. The van der Waals surface area contributed by atoms with Crippen molar-refractivity contribution in [1.29, 1.82) is 0 Å². The number of nitrogens with one attached hydrogen (secondary N) is 2. The van der Waals surface area contributed by atoms with E-state index in [0.29, 0.717) is 24.4 Å². The van der Waals surface area contributed by atoms with Crippen LogP contribution in [0.25, 0.3) is 10.9 Å². The minimum atomic E-state index is -0.414. The first-order valence-corrected chi connectivity index (χ1v) is 8.84. The fourth-order valence-corrected chi connectivity index (χ4v) is 2.98. The van der Waals surface area contributed by atoms with Gasteiger partial charge in [0.05, 0.1) is 4.99 Å². The smallest absolute Gasteiger partial charge is 0.407 e. The number of fused-ring (bicyclic) bond motifs is 1. The topological polar surface area (TPSA) is 80.1 Å². The number of rotatable bonds is 7. The Morgan fingerprint density at radius 3 is 2.73 bits per heavy atom. The highest BCUT2D eigenvalue weighted by Crippen LogP contribution is 2.20. The molecule has 0 radical (unpaired) electrons. The molecular weight excluding hydrogens is 346 g/mol. The average Bonchev–Trinajstić information content (AvgIpc) is 3.03. The molecule has 0 aliphatic rings. The molecule has 26 heavy (non-hydrogen) atoms. The molecule has 0 aliphatic heterocycles. The molecule has 6 heteroatoms. The Morgan fingerprint density at radius 1 is 1.15 bits per heavy atom. The summed E-state index contributed by atoms with van der Waals surface area (Å²) in [6, 6.07) is 15.7. The van der Waals surface area contributed by atoms with Crippen molar-refractivity contribution in [2.75, 3.05) is 6.54 Å². The molecule has 0 spiro atoms. The maximum Gasteiger partial charge on any atom is 0.407 e. The van der Waals surface area contributed by atoms with Gasteiger partial charge in [0.15, 0.2) is 0 Å². The van der Waals surface area contributed by atoms with Crippen molar-refractivity contribution in [3.8, 4) is 0 Å². The Kier molecular flexibility index (Phi) is 5.86. The SMILES string of the molecule is NC(=S)Cc1ccc2[nH]cc(CCNC(=O)OCc3ccccc3)c2c1. The number of benzene rings is 2. The summed E-state index contributed by atoms with van der Waals surface area (Å²) < 4.78 is 5.21. The maximum absolute atomic E-state index is 11.8. The van der Waals surface area contributed by atoms with E-state index in [1.54, 1.807) is 0 Å². The number of aromatic amines is 1. The molecule has 3 aromatic rings. The number of aromatic nitrogens is 1. The van der Waals surface area contributed by atoms with Crippen LogP contribution in [0, 0.1) is 0 Å². The van der Waals surface area contributed by atoms with Crippen LogP contribution in [0.5, 0.6) is 0 Å². The van der Waals surface area contributed by atoms with E-state index in [1.165, 1.54) is 0 Å². The summed E-state index contributed by atoms with van der Waals surface area (Å²) in [4.78, 5) is 15.5. The Morgan fingerprint density at radius 2 is 1.96 bits per heavy atom. The van der Waals surface area contributed by atoms with Crippen LogP contribution < -0.4 is 11.1 Å². The van der Waals surface area contributed by atoms with Crippen molar-refractivity contribution in [2.45, 2.75) is 19.4 Å². The molecule has 0 fully saturated rings. The van der Waals surface area contributed by atoms with Gasteiger partial charge in [-0.25, -0.2) is 4.79 Å². The molecule has 0 bridgehead atoms. The fourth-order valence-electron chi connectivity index (χ4n) is 2.82. The molecular formula is C20H21N3O2S.